The molecule has 31 heavy (non-hydrogen) atoms. The zero-order valence-corrected chi connectivity index (χ0v) is 16.7. The van der Waals surface area contributed by atoms with Gasteiger partial charge in [0.05, 0.1) is 19.1 Å². The van der Waals surface area contributed by atoms with E-state index < -0.39 is 72.8 Å². The molecule has 4 amide bonds. The Kier molecular flexibility index (Phi) is 9.82. The van der Waals surface area contributed by atoms with Crippen LogP contribution in [0, 0.1) is 0 Å². The standard InChI is InChI=1S/C17H27N5O9/c18-8(6-13(25)26)16(29)22-5-1-2-11(22)15(28)20-9(3-4-12(19)24)14(27)21-10(7-23)17(30)31/h8-11,23H,1-7,18H2,(H2,19,24)(H,20,28)(H,21,27)(H,25,26)(H,30,31). The second-order valence-corrected chi connectivity index (χ2v) is 7.04. The molecule has 1 heterocycles. The highest BCUT2D eigenvalue weighted by Gasteiger charge is 2.38. The Morgan fingerprint density at radius 3 is 2.23 bits per heavy atom. The quantitative estimate of drug-likeness (QED) is 0.154. The van der Waals surface area contributed by atoms with Crippen molar-refractivity contribution in [2.75, 3.05) is 13.2 Å². The lowest BCUT2D eigenvalue weighted by Gasteiger charge is -2.28. The number of carboxylic acid groups (broad SMARTS) is 2. The van der Waals surface area contributed by atoms with E-state index in [9.17, 15) is 28.8 Å². The zero-order chi connectivity index (χ0) is 23.7. The zero-order valence-electron chi connectivity index (χ0n) is 16.7. The second kappa shape index (κ2) is 11.8. The molecule has 0 aromatic rings. The number of primary amides is 1. The normalized spacial score (nSPS) is 18.5. The Labute approximate surface area is 176 Å². The molecule has 1 rings (SSSR count). The predicted molar refractivity (Wildman–Crippen MR) is 102 cm³/mol. The van der Waals surface area contributed by atoms with Gasteiger partial charge in [-0.1, -0.05) is 0 Å². The van der Waals surface area contributed by atoms with Crippen LogP contribution in [0.4, 0.5) is 0 Å². The maximum atomic E-state index is 12.7. The largest absolute Gasteiger partial charge is 0.481 e. The van der Waals surface area contributed by atoms with Crippen LogP contribution in [0.1, 0.15) is 32.1 Å². The fraction of sp³-hybridized carbons (Fsp3) is 0.647. The van der Waals surface area contributed by atoms with Crippen LogP contribution in [-0.2, 0) is 28.8 Å². The number of nitrogens with two attached hydrogens (primary N) is 2. The van der Waals surface area contributed by atoms with Crippen LogP contribution < -0.4 is 22.1 Å². The SMILES string of the molecule is NC(=O)CCC(NC(=O)C1CCCN1C(=O)C(N)CC(=O)O)C(=O)NC(CO)C(=O)O. The second-order valence-electron chi connectivity index (χ2n) is 7.04. The smallest absolute Gasteiger partial charge is 0.328 e. The van der Waals surface area contributed by atoms with Gasteiger partial charge in [0, 0.05) is 13.0 Å². The lowest BCUT2D eigenvalue weighted by molar-refractivity contribution is -0.145. The average Bonchev–Trinajstić information content (AvgIpc) is 3.17. The topological polar surface area (TPSA) is 242 Å². The molecule has 14 nitrogen and oxygen atoms in total. The van der Waals surface area contributed by atoms with Crippen LogP contribution in [0.5, 0.6) is 0 Å². The summed E-state index contributed by atoms with van der Waals surface area (Å²) in [6, 6.07) is -5.36. The number of carboxylic acids is 2. The number of aliphatic hydroxyl groups is 1. The van der Waals surface area contributed by atoms with E-state index in [1.807, 2.05) is 5.32 Å². The van der Waals surface area contributed by atoms with E-state index in [1.54, 1.807) is 0 Å². The van der Waals surface area contributed by atoms with Gasteiger partial charge >= 0.3 is 11.9 Å². The number of hydrogen-bond acceptors (Lipinski definition) is 8. The molecule has 14 heteroatoms. The van der Waals surface area contributed by atoms with Crippen molar-refractivity contribution in [3.63, 3.8) is 0 Å². The van der Waals surface area contributed by atoms with E-state index >= 15 is 0 Å². The molecule has 174 valence electrons. The van der Waals surface area contributed by atoms with Crippen molar-refractivity contribution < 1.29 is 44.1 Å². The summed E-state index contributed by atoms with van der Waals surface area (Å²) >= 11 is 0. The third kappa shape index (κ3) is 7.82. The van der Waals surface area contributed by atoms with Crippen LogP contribution >= 0.6 is 0 Å². The number of hydrogen-bond donors (Lipinski definition) is 7. The van der Waals surface area contributed by atoms with Gasteiger partial charge < -0.3 is 42.3 Å². The molecule has 1 saturated heterocycles. The third-order valence-corrected chi connectivity index (χ3v) is 4.66. The number of rotatable bonds is 12. The lowest BCUT2D eigenvalue weighted by atomic mass is 10.1. The molecule has 0 radical (unpaired) electrons. The van der Waals surface area contributed by atoms with Crippen molar-refractivity contribution in [1.82, 2.24) is 15.5 Å². The summed E-state index contributed by atoms with van der Waals surface area (Å²) < 4.78 is 0. The van der Waals surface area contributed by atoms with E-state index in [2.05, 4.69) is 5.32 Å². The summed E-state index contributed by atoms with van der Waals surface area (Å²) in [5, 5.41) is 31.2. The molecular weight excluding hydrogens is 418 g/mol. The molecule has 9 N–H and O–H groups in total. The van der Waals surface area contributed by atoms with Crippen molar-refractivity contribution >= 4 is 35.6 Å². The molecule has 0 aliphatic carbocycles. The van der Waals surface area contributed by atoms with Crippen LogP contribution in [0.25, 0.3) is 0 Å². The fourth-order valence-corrected chi connectivity index (χ4v) is 3.07. The van der Waals surface area contributed by atoms with E-state index in [4.69, 9.17) is 26.8 Å². The van der Waals surface area contributed by atoms with Gasteiger partial charge in [0.2, 0.25) is 23.6 Å². The molecule has 1 aliphatic rings. The number of aliphatic carboxylic acids is 2. The molecule has 0 spiro atoms. The summed E-state index contributed by atoms with van der Waals surface area (Å²) in [5.41, 5.74) is 10.7. The summed E-state index contributed by atoms with van der Waals surface area (Å²) in [6.07, 6.45) is -0.496. The molecule has 0 bridgehead atoms. The Morgan fingerprint density at radius 2 is 1.71 bits per heavy atom. The van der Waals surface area contributed by atoms with Gasteiger partial charge in [-0.25, -0.2) is 4.79 Å². The molecule has 0 aromatic heterocycles. The van der Waals surface area contributed by atoms with Gasteiger partial charge in [-0.15, -0.1) is 0 Å². The van der Waals surface area contributed by atoms with E-state index in [1.165, 1.54) is 0 Å². The molecule has 4 unspecified atom stereocenters. The first-order valence-corrected chi connectivity index (χ1v) is 9.48. The van der Waals surface area contributed by atoms with Gasteiger partial charge in [-0.2, -0.15) is 0 Å². The summed E-state index contributed by atoms with van der Waals surface area (Å²) in [5.74, 6) is -5.99. The number of carbonyl (C=O) groups is 6. The Bertz CT molecular complexity index is 729. The van der Waals surface area contributed by atoms with Crippen molar-refractivity contribution in [3.05, 3.63) is 0 Å². The van der Waals surface area contributed by atoms with Crippen LogP contribution in [0.15, 0.2) is 0 Å². The molecular formula is C17H27N5O9. The fourth-order valence-electron chi connectivity index (χ4n) is 3.07. The highest BCUT2D eigenvalue weighted by Crippen LogP contribution is 2.19. The van der Waals surface area contributed by atoms with Crippen LogP contribution in [-0.4, -0.2) is 93.1 Å². The Hall–Kier alpha value is -3.26. The maximum absolute atomic E-state index is 12.7. The number of nitrogens with zero attached hydrogens (tertiary/aromatic N) is 1. The van der Waals surface area contributed by atoms with Gasteiger partial charge in [-0.05, 0) is 19.3 Å². The van der Waals surface area contributed by atoms with E-state index in [0.717, 1.165) is 4.90 Å². The highest BCUT2D eigenvalue weighted by atomic mass is 16.4. The van der Waals surface area contributed by atoms with E-state index in [0.29, 0.717) is 6.42 Å². The first kappa shape index (κ1) is 25.8. The first-order valence-electron chi connectivity index (χ1n) is 9.48. The molecule has 0 aromatic carbocycles. The molecule has 1 fully saturated rings. The number of carbonyl (C=O) groups excluding carboxylic acids is 4. The summed E-state index contributed by atoms with van der Waals surface area (Å²) in [4.78, 5) is 71.6. The number of amides is 4. The summed E-state index contributed by atoms with van der Waals surface area (Å²) in [7, 11) is 0. The van der Waals surface area contributed by atoms with Gasteiger partial charge in [0.15, 0.2) is 0 Å². The third-order valence-electron chi connectivity index (χ3n) is 4.66. The minimum Gasteiger partial charge on any atom is -0.481 e. The molecule has 0 saturated carbocycles. The molecule has 1 aliphatic heterocycles. The maximum Gasteiger partial charge on any atom is 0.328 e. The summed E-state index contributed by atoms with van der Waals surface area (Å²) in [6.45, 7) is -0.738. The monoisotopic (exact) mass is 445 g/mol. The Balaban J connectivity index is 2.91. The minimum atomic E-state index is -1.63. The van der Waals surface area contributed by atoms with Crippen molar-refractivity contribution in [2.24, 2.45) is 11.5 Å². The predicted octanol–water partition coefficient (Wildman–Crippen LogP) is -3.91. The average molecular weight is 445 g/mol. The van der Waals surface area contributed by atoms with Gasteiger partial charge in [-0.3, -0.25) is 24.0 Å². The molecule has 4 atom stereocenters. The van der Waals surface area contributed by atoms with Gasteiger partial charge in [0.25, 0.3) is 0 Å². The van der Waals surface area contributed by atoms with Crippen molar-refractivity contribution in [3.8, 4) is 0 Å². The number of nitrogens with one attached hydrogen (secondary N) is 2. The highest BCUT2D eigenvalue weighted by molar-refractivity contribution is 5.95. The minimum absolute atomic E-state index is 0.161. The van der Waals surface area contributed by atoms with Gasteiger partial charge in [0.1, 0.15) is 18.1 Å². The Morgan fingerprint density at radius 1 is 1.06 bits per heavy atom. The van der Waals surface area contributed by atoms with E-state index in [-0.39, 0.29) is 25.8 Å². The van der Waals surface area contributed by atoms with Crippen molar-refractivity contribution in [1.29, 1.82) is 0 Å². The van der Waals surface area contributed by atoms with Crippen molar-refractivity contribution in [2.45, 2.75) is 56.3 Å². The number of aliphatic hydroxyl groups excluding tert-OH is 1. The lowest BCUT2D eigenvalue weighted by Crippen LogP contribution is -2.57. The number of likely N-dealkylation sites (tertiary alicyclic amines) is 1. The van der Waals surface area contributed by atoms with Crippen LogP contribution in [0.2, 0.25) is 0 Å². The first-order chi connectivity index (χ1) is 14.5. The van der Waals surface area contributed by atoms with Crippen LogP contribution in [0.3, 0.4) is 0 Å².